The highest BCUT2D eigenvalue weighted by Crippen LogP contribution is 2.31. The second kappa shape index (κ2) is 10.7. The molecule has 0 aliphatic carbocycles. The van der Waals surface area contributed by atoms with Crippen LogP contribution in [0.4, 0.5) is 5.82 Å². The van der Waals surface area contributed by atoms with Gasteiger partial charge in [-0.05, 0) is 36.6 Å². The second-order valence-electron chi connectivity index (χ2n) is 9.91. The van der Waals surface area contributed by atoms with E-state index < -0.39 is 0 Å². The number of rotatable bonds is 8. The van der Waals surface area contributed by atoms with E-state index >= 15 is 0 Å². The number of piperidine rings is 1. The fraction of sp³-hybridized carbons (Fsp3) is 0.379. The van der Waals surface area contributed by atoms with Crippen LogP contribution in [0, 0.1) is 5.92 Å². The predicted octanol–water partition coefficient (Wildman–Crippen LogP) is 4.49. The zero-order valence-corrected chi connectivity index (χ0v) is 20.6. The van der Waals surface area contributed by atoms with E-state index in [2.05, 4.69) is 56.7 Å². The number of pyridine rings is 1. The van der Waals surface area contributed by atoms with Gasteiger partial charge in [-0.1, -0.05) is 53.7 Å². The first-order valence-electron chi connectivity index (χ1n) is 13.0. The smallest absolute Gasteiger partial charge is 0.213 e. The molecule has 0 amide bonds. The molecule has 7 nitrogen and oxygen atoms in total. The van der Waals surface area contributed by atoms with Gasteiger partial charge in [0.25, 0.3) is 0 Å². The van der Waals surface area contributed by atoms with Crippen LogP contribution in [-0.4, -0.2) is 53.9 Å². The Morgan fingerprint density at radius 2 is 1.78 bits per heavy atom. The number of anilines is 1. The Balaban J connectivity index is 0.982. The summed E-state index contributed by atoms with van der Waals surface area (Å²) in [5, 5.41) is 8.95. The van der Waals surface area contributed by atoms with Gasteiger partial charge < -0.3 is 19.5 Å². The van der Waals surface area contributed by atoms with E-state index in [1.807, 2.05) is 36.4 Å². The van der Waals surface area contributed by atoms with Crippen molar-refractivity contribution in [3.8, 4) is 5.88 Å². The van der Waals surface area contributed by atoms with Gasteiger partial charge in [0.1, 0.15) is 0 Å². The molecule has 0 saturated carbocycles. The average Bonchev–Trinajstić information content (AvgIpc) is 3.37. The van der Waals surface area contributed by atoms with E-state index in [1.165, 1.54) is 18.4 Å². The molecule has 2 aromatic heterocycles. The zero-order valence-electron chi connectivity index (χ0n) is 20.6. The molecule has 0 spiro atoms. The maximum Gasteiger partial charge on any atom is 0.213 e. The van der Waals surface area contributed by atoms with Crippen LogP contribution >= 0.6 is 0 Å². The maximum atomic E-state index is 6.16. The highest BCUT2D eigenvalue weighted by atomic mass is 16.5. The van der Waals surface area contributed by atoms with Crippen LogP contribution in [0.1, 0.15) is 24.1 Å². The molecule has 2 saturated heterocycles. The maximum absolute atomic E-state index is 6.16. The second-order valence-corrected chi connectivity index (χ2v) is 9.91. The van der Waals surface area contributed by atoms with Crippen LogP contribution in [0.15, 0.2) is 77.3 Å². The first-order valence-corrected chi connectivity index (χ1v) is 13.0. The van der Waals surface area contributed by atoms with E-state index in [0.717, 1.165) is 74.2 Å². The van der Waals surface area contributed by atoms with Gasteiger partial charge in [-0.3, -0.25) is 4.90 Å². The number of nitrogens with zero attached hydrogens (tertiary/aromatic N) is 4. The Kier molecular flexibility index (Phi) is 6.83. The number of benzene rings is 2. The van der Waals surface area contributed by atoms with Gasteiger partial charge in [-0.2, -0.15) is 0 Å². The Hall–Kier alpha value is -3.42. The molecule has 186 valence electrons. The normalized spacial score (nSPS) is 20.4. The number of aromatic nitrogens is 2. The molecular formula is C29H33N5O2. The largest absolute Gasteiger partial charge is 0.477 e. The number of nitrogens with one attached hydrogen (secondary N) is 1. The minimum atomic E-state index is 0.530. The van der Waals surface area contributed by atoms with E-state index in [-0.39, 0.29) is 0 Å². The first-order chi connectivity index (χ1) is 17.8. The Bertz CT molecular complexity index is 1280. The summed E-state index contributed by atoms with van der Waals surface area (Å²) >= 11 is 0. The van der Waals surface area contributed by atoms with Crippen molar-refractivity contribution < 1.29 is 9.26 Å². The molecule has 2 aliphatic heterocycles. The fourth-order valence-electron chi connectivity index (χ4n) is 5.46. The number of para-hydroxylation sites is 1. The van der Waals surface area contributed by atoms with Crippen LogP contribution in [0.5, 0.6) is 5.88 Å². The molecule has 4 aromatic rings. The van der Waals surface area contributed by atoms with Crippen molar-refractivity contribution >= 4 is 16.8 Å². The molecule has 2 fully saturated rings. The summed E-state index contributed by atoms with van der Waals surface area (Å²) in [6, 6.07) is 25.2. The zero-order chi connectivity index (χ0) is 24.2. The van der Waals surface area contributed by atoms with Gasteiger partial charge in [-0.25, -0.2) is 4.98 Å². The van der Waals surface area contributed by atoms with Crippen molar-refractivity contribution in [3.05, 3.63) is 84.1 Å². The molecule has 2 aromatic carbocycles. The number of fused-ring (bicyclic) bond motifs is 2. The van der Waals surface area contributed by atoms with Gasteiger partial charge in [-0.15, -0.1) is 0 Å². The molecule has 4 heterocycles. The molecule has 0 radical (unpaired) electrons. The highest BCUT2D eigenvalue weighted by molar-refractivity contribution is 5.88. The van der Waals surface area contributed by atoms with Crippen LogP contribution in [0.2, 0.25) is 0 Å². The Morgan fingerprint density at radius 3 is 2.72 bits per heavy atom. The van der Waals surface area contributed by atoms with Crippen molar-refractivity contribution in [1.29, 1.82) is 0 Å². The minimum absolute atomic E-state index is 0.530. The highest BCUT2D eigenvalue weighted by Gasteiger charge is 2.34. The third-order valence-corrected chi connectivity index (χ3v) is 7.39. The lowest BCUT2D eigenvalue weighted by Gasteiger charge is -2.46. The summed E-state index contributed by atoms with van der Waals surface area (Å²) in [5.41, 5.74) is 3.14. The van der Waals surface area contributed by atoms with Gasteiger partial charge in [0.15, 0.2) is 11.4 Å². The van der Waals surface area contributed by atoms with Gasteiger partial charge in [0.2, 0.25) is 5.88 Å². The summed E-state index contributed by atoms with van der Waals surface area (Å²) in [6.45, 7) is 6.37. The van der Waals surface area contributed by atoms with Crippen molar-refractivity contribution in [1.82, 2.24) is 20.4 Å². The van der Waals surface area contributed by atoms with E-state index in [4.69, 9.17) is 14.2 Å². The quantitative estimate of drug-likeness (QED) is 0.396. The fourth-order valence-corrected chi connectivity index (χ4v) is 5.46. The molecule has 6 rings (SSSR count). The molecule has 2 aliphatic rings. The van der Waals surface area contributed by atoms with Crippen LogP contribution < -0.4 is 15.0 Å². The molecular weight excluding hydrogens is 450 g/mol. The number of hydrogen-bond acceptors (Lipinski definition) is 7. The summed E-state index contributed by atoms with van der Waals surface area (Å²) in [5.74, 6) is 2.24. The average molecular weight is 484 g/mol. The molecule has 1 N–H and O–H groups in total. The van der Waals surface area contributed by atoms with Crippen LogP contribution in [-0.2, 0) is 13.1 Å². The summed E-state index contributed by atoms with van der Waals surface area (Å²) in [6.07, 6.45) is 2.35. The molecule has 0 bridgehead atoms. The Morgan fingerprint density at radius 1 is 0.889 bits per heavy atom. The lowest BCUT2D eigenvalue weighted by atomic mass is 9.91. The SMILES string of the molecule is c1ccc(CNCc2cccc(OC[C@@H]3CC[C@H]4CN(c5noc6ccccc56)CCN4C3)n2)cc1. The first kappa shape index (κ1) is 23.0. The molecule has 36 heavy (non-hydrogen) atoms. The third-order valence-electron chi connectivity index (χ3n) is 7.39. The number of hydrogen-bond donors (Lipinski definition) is 1. The van der Waals surface area contributed by atoms with Gasteiger partial charge in [0, 0.05) is 57.3 Å². The minimum Gasteiger partial charge on any atom is -0.477 e. The molecule has 0 unspecified atom stereocenters. The van der Waals surface area contributed by atoms with Crippen molar-refractivity contribution in [2.45, 2.75) is 32.0 Å². The van der Waals surface area contributed by atoms with Crippen molar-refractivity contribution in [2.75, 3.05) is 37.7 Å². The standard InChI is InChI=1S/C29H33N5O2/c1-2-7-22(8-3-1)17-30-18-24-9-6-12-28(31-24)35-21-23-13-14-25-20-34(16-15-33(25)19-23)29-26-10-4-5-11-27(26)36-32-29/h1-12,23,25,30H,13-21H2/t23-,25+/m1/s1. The van der Waals surface area contributed by atoms with Crippen molar-refractivity contribution in [3.63, 3.8) is 0 Å². The number of piperazine rings is 1. The van der Waals surface area contributed by atoms with E-state index in [1.54, 1.807) is 0 Å². The summed E-state index contributed by atoms with van der Waals surface area (Å²) < 4.78 is 11.7. The summed E-state index contributed by atoms with van der Waals surface area (Å²) in [4.78, 5) is 9.74. The third kappa shape index (κ3) is 5.22. The topological polar surface area (TPSA) is 66.7 Å². The van der Waals surface area contributed by atoms with Crippen molar-refractivity contribution in [2.24, 2.45) is 5.92 Å². The molecule has 2 atom stereocenters. The number of ether oxygens (including phenoxy) is 1. The van der Waals surface area contributed by atoms with Crippen LogP contribution in [0.3, 0.4) is 0 Å². The molecule has 7 heteroatoms. The van der Waals surface area contributed by atoms with E-state index in [0.29, 0.717) is 12.0 Å². The Labute approximate surface area is 212 Å². The van der Waals surface area contributed by atoms with E-state index in [9.17, 15) is 0 Å². The summed E-state index contributed by atoms with van der Waals surface area (Å²) in [7, 11) is 0. The monoisotopic (exact) mass is 483 g/mol. The lowest BCUT2D eigenvalue weighted by molar-refractivity contribution is 0.0716. The van der Waals surface area contributed by atoms with Gasteiger partial charge in [0.05, 0.1) is 17.7 Å². The van der Waals surface area contributed by atoms with Crippen LogP contribution in [0.25, 0.3) is 11.0 Å². The van der Waals surface area contributed by atoms with Gasteiger partial charge >= 0.3 is 0 Å². The predicted molar refractivity (Wildman–Crippen MR) is 141 cm³/mol. The lowest BCUT2D eigenvalue weighted by Crippen LogP contribution is -2.57.